The smallest absolute Gasteiger partial charge is 0.189 e. The van der Waals surface area contributed by atoms with Crippen LogP contribution in [0.1, 0.15) is 43.1 Å². The van der Waals surface area contributed by atoms with Gasteiger partial charge >= 0.3 is 0 Å². The molecule has 21 heavy (non-hydrogen) atoms. The van der Waals surface area contributed by atoms with Gasteiger partial charge in [0.1, 0.15) is 11.1 Å². The van der Waals surface area contributed by atoms with E-state index in [0.29, 0.717) is 11.3 Å². The van der Waals surface area contributed by atoms with Crippen molar-refractivity contribution in [2.45, 2.75) is 32.3 Å². The van der Waals surface area contributed by atoms with Crippen LogP contribution in [0.25, 0.3) is 10.5 Å². The van der Waals surface area contributed by atoms with E-state index in [2.05, 4.69) is 35.7 Å². The predicted octanol–water partition coefficient (Wildman–Crippen LogP) is 3.47. The summed E-state index contributed by atoms with van der Waals surface area (Å²) in [5, 5.41) is 11.4. The summed E-state index contributed by atoms with van der Waals surface area (Å²) < 4.78 is 0. The van der Waals surface area contributed by atoms with Gasteiger partial charge in [-0.25, -0.2) is 15.0 Å². The molecule has 3 aromatic rings. The van der Waals surface area contributed by atoms with Crippen LogP contribution in [0.2, 0.25) is 0 Å². The fourth-order valence-corrected chi connectivity index (χ4v) is 2.96. The highest BCUT2D eigenvalue weighted by Gasteiger charge is 2.21. The third-order valence-electron chi connectivity index (χ3n) is 3.18. The first-order valence-electron chi connectivity index (χ1n) is 6.82. The van der Waals surface area contributed by atoms with Gasteiger partial charge in [-0.15, -0.1) is 0 Å². The maximum atomic E-state index is 10.4. The third kappa shape index (κ3) is 2.80. The van der Waals surface area contributed by atoms with Crippen molar-refractivity contribution in [3.63, 3.8) is 0 Å². The van der Waals surface area contributed by atoms with Crippen molar-refractivity contribution in [2.24, 2.45) is 0 Å². The van der Waals surface area contributed by atoms with Crippen molar-refractivity contribution >= 4 is 21.8 Å². The second kappa shape index (κ2) is 5.16. The predicted molar refractivity (Wildman–Crippen MR) is 84.4 cm³/mol. The maximum Gasteiger partial charge on any atom is 0.189 e. The molecular formula is C16H17N3OS. The Hall–Kier alpha value is -1.85. The Morgan fingerprint density at radius 1 is 1.10 bits per heavy atom. The molecule has 1 aromatic carbocycles. The highest BCUT2D eigenvalue weighted by Crippen LogP contribution is 2.30. The zero-order valence-corrected chi connectivity index (χ0v) is 13.1. The molecule has 1 N–H and O–H groups in total. The van der Waals surface area contributed by atoms with Gasteiger partial charge < -0.3 is 5.11 Å². The molecule has 0 saturated carbocycles. The number of nitrogens with zero attached hydrogens (tertiary/aromatic N) is 3. The summed E-state index contributed by atoms with van der Waals surface area (Å²) in [6.45, 7) is 6.35. The van der Waals surface area contributed by atoms with Crippen molar-refractivity contribution < 1.29 is 5.11 Å². The molecule has 0 aliphatic carbocycles. The van der Waals surface area contributed by atoms with Gasteiger partial charge in [0, 0.05) is 5.41 Å². The van der Waals surface area contributed by atoms with Crippen LogP contribution in [-0.2, 0) is 5.41 Å². The van der Waals surface area contributed by atoms with E-state index in [0.717, 1.165) is 15.4 Å². The van der Waals surface area contributed by atoms with E-state index < -0.39 is 6.10 Å². The molecule has 3 rings (SSSR count). The van der Waals surface area contributed by atoms with Gasteiger partial charge in [0.05, 0.1) is 11.9 Å². The van der Waals surface area contributed by atoms with Crippen molar-refractivity contribution in [1.29, 1.82) is 0 Å². The SMILES string of the molecule is CC(C)(C)c1nc2ncc(C(O)c3ccccc3)nc2s1. The molecule has 2 aromatic heterocycles. The summed E-state index contributed by atoms with van der Waals surface area (Å²) in [5.41, 5.74) is 1.99. The number of aromatic nitrogens is 3. The van der Waals surface area contributed by atoms with E-state index >= 15 is 0 Å². The van der Waals surface area contributed by atoms with Crippen molar-refractivity contribution in [3.8, 4) is 0 Å². The number of benzene rings is 1. The van der Waals surface area contributed by atoms with E-state index in [1.165, 1.54) is 11.3 Å². The molecule has 1 unspecified atom stereocenters. The highest BCUT2D eigenvalue weighted by atomic mass is 32.1. The Bertz CT molecular complexity index is 762. The number of aliphatic hydroxyl groups excluding tert-OH is 1. The summed E-state index contributed by atoms with van der Waals surface area (Å²) in [7, 11) is 0. The minimum atomic E-state index is -0.761. The molecule has 0 bridgehead atoms. The molecule has 108 valence electrons. The number of hydrogen-bond acceptors (Lipinski definition) is 5. The Morgan fingerprint density at radius 2 is 1.81 bits per heavy atom. The van der Waals surface area contributed by atoms with Gasteiger partial charge in [-0.05, 0) is 5.56 Å². The Balaban J connectivity index is 2.01. The Labute approximate surface area is 127 Å². The van der Waals surface area contributed by atoms with Gasteiger partial charge in [0.15, 0.2) is 10.5 Å². The zero-order chi connectivity index (χ0) is 15.0. The molecule has 5 heteroatoms. The van der Waals surface area contributed by atoms with Crippen LogP contribution >= 0.6 is 11.3 Å². The van der Waals surface area contributed by atoms with Crippen molar-refractivity contribution in [3.05, 3.63) is 52.8 Å². The van der Waals surface area contributed by atoms with Gasteiger partial charge in [0.25, 0.3) is 0 Å². The molecule has 1 atom stereocenters. The fourth-order valence-electron chi connectivity index (χ4n) is 1.99. The highest BCUT2D eigenvalue weighted by molar-refractivity contribution is 7.18. The van der Waals surface area contributed by atoms with Crippen molar-refractivity contribution in [1.82, 2.24) is 15.0 Å². The summed E-state index contributed by atoms with van der Waals surface area (Å²) in [4.78, 5) is 14.2. The Morgan fingerprint density at radius 3 is 2.48 bits per heavy atom. The van der Waals surface area contributed by atoms with Gasteiger partial charge in [-0.2, -0.15) is 0 Å². The van der Waals surface area contributed by atoms with Gasteiger partial charge in [-0.1, -0.05) is 62.4 Å². The van der Waals surface area contributed by atoms with Crippen LogP contribution in [0.3, 0.4) is 0 Å². The number of fused-ring (bicyclic) bond motifs is 1. The summed E-state index contributed by atoms with van der Waals surface area (Å²) in [5.74, 6) is 0. The zero-order valence-electron chi connectivity index (χ0n) is 12.2. The van der Waals surface area contributed by atoms with Crippen LogP contribution in [-0.4, -0.2) is 20.1 Å². The molecule has 0 radical (unpaired) electrons. The minimum absolute atomic E-state index is 0.0226. The van der Waals surface area contributed by atoms with E-state index in [-0.39, 0.29) is 5.41 Å². The van der Waals surface area contributed by atoms with E-state index in [1.807, 2.05) is 30.3 Å². The number of rotatable bonds is 2. The Kier molecular flexibility index (Phi) is 3.47. The average Bonchev–Trinajstić information content (AvgIpc) is 2.90. The summed E-state index contributed by atoms with van der Waals surface area (Å²) in [6.07, 6.45) is 0.842. The molecule has 0 fully saturated rings. The maximum absolute atomic E-state index is 10.4. The van der Waals surface area contributed by atoms with Gasteiger partial charge in [0.2, 0.25) is 0 Å². The lowest BCUT2D eigenvalue weighted by Crippen LogP contribution is -2.09. The summed E-state index contributed by atoms with van der Waals surface area (Å²) in [6, 6.07) is 9.47. The largest absolute Gasteiger partial charge is 0.382 e. The molecule has 0 aliphatic rings. The van der Waals surface area contributed by atoms with Crippen LogP contribution in [0.4, 0.5) is 0 Å². The quantitative estimate of drug-likeness (QED) is 0.787. The molecule has 0 aliphatic heterocycles. The summed E-state index contributed by atoms with van der Waals surface area (Å²) >= 11 is 1.54. The van der Waals surface area contributed by atoms with Crippen LogP contribution < -0.4 is 0 Å². The van der Waals surface area contributed by atoms with Crippen LogP contribution in [0.15, 0.2) is 36.5 Å². The second-order valence-corrected chi connectivity index (χ2v) is 6.98. The number of thiazole rings is 1. The van der Waals surface area contributed by atoms with Crippen LogP contribution in [0, 0.1) is 0 Å². The molecule has 4 nitrogen and oxygen atoms in total. The molecular weight excluding hydrogens is 282 g/mol. The normalized spacial score (nSPS) is 13.5. The van der Waals surface area contributed by atoms with E-state index in [9.17, 15) is 5.11 Å². The molecule has 0 spiro atoms. The molecule has 2 heterocycles. The number of hydrogen-bond donors (Lipinski definition) is 1. The molecule has 0 saturated heterocycles. The van der Waals surface area contributed by atoms with Crippen molar-refractivity contribution in [2.75, 3.05) is 0 Å². The fraction of sp³-hybridized carbons (Fsp3) is 0.312. The second-order valence-electron chi connectivity index (χ2n) is 6.01. The standard InChI is InChI=1S/C16H17N3OS/c1-16(2,3)15-19-13-14(21-15)18-11(9-17-13)12(20)10-7-5-4-6-8-10/h4-9,12,20H,1-3H3. The lowest BCUT2D eigenvalue weighted by atomic mass is 9.98. The van der Waals surface area contributed by atoms with E-state index in [1.54, 1.807) is 6.20 Å². The first-order chi connectivity index (χ1) is 9.95. The average molecular weight is 299 g/mol. The molecule has 0 amide bonds. The third-order valence-corrected chi connectivity index (χ3v) is 4.54. The lowest BCUT2D eigenvalue weighted by molar-refractivity contribution is 0.215. The monoisotopic (exact) mass is 299 g/mol. The van der Waals surface area contributed by atoms with Gasteiger partial charge in [-0.3, -0.25) is 0 Å². The van der Waals surface area contributed by atoms with Crippen LogP contribution in [0.5, 0.6) is 0 Å². The van der Waals surface area contributed by atoms with E-state index in [4.69, 9.17) is 0 Å². The number of aliphatic hydroxyl groups is 1. The topological polar surface area (TPSA) is 58.9 Å². The lowest BCUT2D eigenvalue weighted by Gasteiger charge is -2.12. The first kappa shape index (κ1) is 14.1. The first-order valence-corrected chi connectivity index (χ1v) is 7.64. The minimum Gasteiger partial charge on any atom is -0.382 e.